The lowest BCUT2D eigenvalue weighted by atomic mass is 10.3. The molecule has 0 saturated carbocycles. The molecule has 2 heteroatoms. The molecule has 1 N–H and O–H groups in total. The Morgan fingerprint density at radius 2 is 2.50 bits per heavy atom. The van der Waals surface area contributed by atoms with Crippen LogP contribution in [0.4, 0.5) is 0 Å². The van der Waals surface area contributed by atoms with Gasteiger partial charge in [0.15, 0.2) is 0 Å². The molecule has 0 aromatic carbocycles. The van der Waals surface area contributed by atoms with Crippen molar-refractivity contribution >= 4 is 17.4 Å². The van der Waals surface area contributed by atoms with Crippen molar-refractivity contribution in [2.75, 3.05) is 6.61 Å². The van der Waals surface area contributed by atoms with Gasteiger partial charge in [0.2, 0.25) is 0 Å². The molecule has 0 spiro atoms. The van der Waals surface area contributed by atoms with Crippen LogP contribution in [0.2, 0.25) is 0 Å². The van der Waals surface area contributed by atoms with E-state index in [1.54, 1.807) is 11.3 Å². The SMILES string of the molecule is OCC/C=C/c1ccsc1. The fraction of sp³-hybridized carbons (Fsp3) is 0.250. The van der Waals surface area contributed by atoms with E-state index < -0.39 is 0 Å². The monoisotopic (exact) mass is 154 g/mol. The third kappa shape index (κ3) is 2.33. The zero-order chi connectivity index (χ0) is 7.23. The molecular formula is C8H10OS. The first-order valence-corrected chi connectivity index (χ1v) is 4.17. The summed E-state index contributed by atoms with van der Waals surface area (Å²) in [5.41, 5.74) is 1.22. The first-order chi connectivity index (χ1) is 4.93. The summed E-state index contributed by atoms with van der Waals surface area (Å²) in [6.45, 7) is 0.237. The predicted molar refractivity (Wildman–Crippen MR) is 45.1 cm³/mol. The highest BCUT2D eigenvalue weighted by atomic mass is 32.1. The average Bonchev–Trinajstić information content (AvgIpc) is 2.41. The first-order valence-electron chi connectivity index (χ1n) is 3.23. The molecule has 0 aliphatic heterocycles. The fourth-order valence-electron chi connectivity index (χ4n) is 0.664. The quantitative estimate of drug-likeness (QED) is 0.707. The third-order valence-corrected chi connectivity index (χ3v) is 1.85. The topological polar surface area (TPSA) is 20.2 Å². The zero-order valence-corrected chi connectivity index (χ0v) is 6.47. The standard InChI is InChI=1S/C8H10OS/c9-5-2-1-3-8-4-6-10-7-8/h1,3-4,6-7,9H,2,5H2/b3-1+. The van der Waals surface area contributed by atoms with Crippen molar-refractivity contribution in [3.63, 3.8) is 0 Å². The van der Waals surface area contributed by atoms with Crippen molar-refractivity contribution in [3.05, 3.63) is 28.5 Å². The zero-order valence-electron chi connectivity index (χ0n) is 5.66. The van der Waals surface area contributed by atoms with E-state index in [9.17, 15) is 0 Å². The second-order valence-corrected chi connectivity index (χ2v) is 2.75. The Balaban J connectivity index is 2.40. The van der Waals surface area contributed by atoms with E-state index in [4.69, 9.17) is 5.11 Å². The molecule has 54 valence electrons. The average molecular weight is 154 g/mol. The summed E-state index contributed by atoms with van der Waals surface area (Å²) in [6.07, 6.45) is 4.74. The van der Waals surface area contributed by atoms with Gasteiger partial charge < -0.3 is 5.11 Å². The highest BCUT2D eigenvalue weighted by Gasteiger charge is 1.82. The Labute approximate surface area is 64.6 Å². The van der Waals surface area contributed by atoms with Crippen LogP contribution in [0.3, 0.4) is 0 Å². The minimum absolute atomic E-state index is 0.237. The van der Waals surface area contributed by atoms with Gasteiger partial charge in [-0.15, -0.1) is 0 Å². The molecule has 1 heterocycles. The minimum Gasteiger partial charge on any atom is -0.396 e. The van der Waals surface area contributed by atoms with Gasteiger partial charge in [0.25, 0.3) is 0 Å². The smallest absolute Gasteiger partial charge is 0.0465 e. The van der Waals surface area contributed by atoms with E-state index in [0.717, 1.165) is 6.42 Å². The summed E-state index contributed by atoms with van der Waals surface area (Å²) < 4.78 is 0. The second kappa shape index (κ2) is 4.25. The maximum atomic E-state index is 8.45. The number of hydrogen-bond acceptors (Lipinski definition) is 2. The molecule has 0 radical (unpaired) electrons. The number of aliphatic hydroxyl groups is 1. The fourth-order valence-corrected chi connectivity index (χ4v) is 1.29. The molecule has 0 aliphatic carbocycles. The van der Waals surface area contributed by atoms with Crippen LogP contribution >= 0.6 is 11.3 Å². The highest BCUT2D eigenvalue weighted by molar-refractivity contribution is 7.08. The Hall–Kier alpha value is -0.600. The Morgan fingerprint density at radius 1 is 1.60 bits per heavy atom. The van der Waals surface area contributed by atoms with E-state index in [1.807, 2.05) is 17.5 Å². The molecule has 0 bridgehead atoms. The maximum absolute atomic E-state index is 8.45. The summed E-state index contributed by atoms with van der Waals surface area (Å²) in [6, 6.07) is 2.05. The van der Waals surface area contributed by atoms with Crippen LogP contribution in [0, 0.1) is 0 Å². The lowest BCUT2D eigenvalue weighted by molar-refractivity contribution is 0.303. The van der Waals surface area contributed by atoms with Crippen LogP contribution in [-0.4, -0.2) is 11.7 Å². The number of rotatable bonds is 3. The molecular weight excluding hydrogens is 144 g/mol. The van der Waals surface area contributed by atoms with Crippen LogP contribution in [0.15, 0.2) is 22.9 Å². The normalized spacial score (nSPS) is 10.9. The van der Waals surface area contributed by atoms with Gasteiger partial charge in [0.05, 0.1) is 0 Å². The Morgan fingerprint density at radius 3 is 3.10 bits per heavy atom. The third-order valence-electron chi connectivity index (χ3n) is 1.15. The van der Waals surface area contributed by atoms with E-state index in [0.29, 0.717) is 0 Å². The van der Waals surface area contributed by atoms with Gasteiger partial charge >= 0.3 is 0 Å². The summed E-state index contributed by atoms with van der Waals surface area (Å²) in [7, 11) is 0. The molecule has 0 amide bonds. The van der Waals surface area contributed by atoms with Crippen LogP contribution in [0.25, 0.3) is 6.08 Å². The molecule has 0 aliphatic rings. The van der Waals surface area contributed by atoms with Crippen LogP contribution < -0.4 is 0 Å². The largest absolute Gasteiger partial charge is 0.396 e. The van der Waals surface area contributed by atoms with Gasteiger partial charge in [-0.1, -0.05) is 12.2 Å². The lowest BCUT2D eigenvalue weighted by Crippen LogP contribution is -1.74. The molecule has 1 nitrogen and oxygen atoms in total. The molecule has 0 unspecified atom stereocenters. The predicted octanol–water partition coefficient (Wildman–Crippen LogP) is 2.14. The van der Waals surface area contributed by atoms with Crippen molar-refractivity contribution in [1.29, 1.82) is 0 Å². The van der Waals surface area contributed by atoms with Crippen molar-refractivity contribution in [2.45, 2.75) is 6.42 Å². The van der Waals surface area contributed by atoms with Gasteiger partial charge in [0, 0.05) is 6.61 Å². The van der Waals surface area contributed by atoms with Gasteiger partial charge in [0.1, 0.15) is 0 Å². The van der Waals surface area contributed by atoms with Crippen LogP contribution in [0.5, 0.6) is 0 Å². The van der Waals surface area contributed by atoms with Crippen LogP contribution in [0.1, 0.15) is 12.0 Å². The summed E-state index contributed by atoms with van der Waals surface area (Å²) in [4.78, 5) is 0. The van der Waals surface area contributed by atoms with E-state index in [-0.39, 0.29) is 6.61 Å². The van der Waals surface area contributed by atoms with Gasteiger partial charge in [-0.3, -0.25) is 0 Å². The van der Waals surface area contributed by atoms with Gasteiger partial charge in [-0.2, -0.15) is 11.3 Å². The molecule has 0 fully saturated rings. The van der Waals surface area contributed by atoms with Crippen molar-refractivity contribution in [1.82, 2.24) is 0 Å². The molecule has 0 saturated heterocycles. The molecule has 1 rings (SSSR count). The molecule has 1 aromatic rings. The van der Waals surface area contributed by atoms with Crippen molar-refractivity contribution in [2.24, 2.45) is 0 Å². The van der Waals surface area contributed by atoms with Gasteiger partial charge in [-0.05, 0) is 28.8 Å². The van der Waals surface area contributed by atoms with E-state index >= 15 is 0 Å². The lowest BCUT2D eigenvalue weighted by Gasteiger charge is -1.82. The number of aliphatic hydroxyl groups excluding tert-OH is 1. The van der Waals surface area contributed by atoms with Crippen molar-refractivity contribution < 1.29 is 5.11 Å². The summed E-state index contributed by atoms with van der Waals surface area (Å²) in [5.74, 6) is 0. The maximum Gasteiger partial charge on any atom is 0.0465 e. The van der Waals surface area contributed by atoms with Crippen molar-refractivity contribution in [3.8, 4) is 0 Å². The molecule has 0 atom stereocenters. The first kappa shape index (κ1) is 7.51. The van der Waals surface area contributed by atoms with E-state index in [1.165, 1.54) is 5.56 Å². The molecule has 1 aromatic heterocycles. The Kier molecular flexibility index (Phi) is 3.19. The Bertz CT molecular complexity index is 189. The summed E-state index contributed by atoms with van der Waals surface area (Å²) >= 11 is 1.68. The highest BCUT2D eigenvalue weighted by Crippen LogP contribution is 2.07. The second-order valence-electron chi connectivity index (χ2n) is 1.97. The minimum atomic E-state index is 0.237. The van der Waals surface area contributed by atoms with Gasteiger partial charge in [-0.25, -0.2) is 0 Å². The number of thiophene rings is 1. The summed E-state index contributed by atoms with van der Waals surface area (Å²) in [5, 5.41) is 12.6. The number of hydrogen-bond donors (Lipinski definition) is 1. The van der Waals surface area contributed by atoms with Crippen LogP contribution in [-0.2, 0) is 0 Å². The molecule has 10 heavy (non-hydrogen) atoms. The van der Waals surface area contributed by atoms with E-state index in [2.05, 4.69) is 11.4 Å².